The largest absolute Gasteiger partial charge is 0.337 e. The van der Waals surface area contributed by atoms with Crippen LogP contribution in [0, 0.1) is 6.92 Å². The van der Waals surface area contributed by atoms with Crippen molar-refractivity contribution in [3.8, 4) is 0 Å². The lowest BCUT2D eigenvalue weighted by atomic mass is 10.2. The van der Waals surface area contributed by atoms with Crippen molar-refractivity contribution in [2.24, 2.45) is 0 Å². The van der Waals surface area contributed by atoms with Gasteiger partial charge in [-0.2, -0.15) is 0 Å². The predicted octanol–water partition coefficient (Wildman–Crippen LogP) is 3.98. The molecule has 3 aromatic heterocycles. The second-order valence-electron chi connectivity index (χ2n) is 5.03. The molecule has 22 heavy (non-hydrogen) atoms. The first-order valence-electron chi connectivity index (χ1n) is 6.82. The number of nitrogens with one attached hydrogen (secondary N) is 1. The van der Waals surface area contributed by atoms with Crippen molar-refractivity contribution in [3.63, 3.8) is 0 Å². The Kier molecular flexibility index (Phi) is 2.94. The summed E-state index contributed by atoms with van der Waals surface area (Å²) in [6.45, 7) is 2.01. The van der Waals surface area contributed by atoms with E-state index in [9.17, 15) is 0 Å². The number of pyridine rings is 1. The van der Waals surface area contributed by atoms with Crippen molar-refractivity contribution < 1.29 is 0 Å². The summed E-state index contributed by atoms with van der Waals surface area (Å²) in [7, 11) is 0. The minimum atomic E-state index is 0.661. The standard InChI is InChI=1S/C16H12ClN5/c1-10-3-2-4-11(17)15(10)21-16-14-8-19-9-22(14)13-7-18-6-5-12(13)20-16/h2-9H,1H3,(H,20,21). The average Bonchev–Trinajstić information content (AvgIpc) is 3.01. The molecule has 0 radical (unpaired) electrons. The zero-order valence-electron chi connectivity index (χ0n) is 11.8. The maximum absolute atomic E-state index is 6.30. The Balaban J connectivity index is 1.96. The summed E-state index contributed by atoms with van der Waals surface area (Å²) in [5, 5.41) is 4.00. The second kappa shape index (κ2) is 4.96. The highest BCUT2D eigenvalue weighted by Gasteiger charge is 2.11. The van der Waals surface area contributed by atoms with E-state index in [0.29, 0.717) is 10.8 Å². The molecule has 0 saturated heterocycles. The molecule has 1 N–H and O–H groups in total. The topological polar surface area (TPSA) is 55.1 Å². The Labute approximate surface area is 131 Å². The molecular weight excluding hydrogens is 298 g/mol. The highest BCUT2D eigenvalue weighted by molar-refractivity contribution is 6.33. The highest BCUT2D eigenvalue weighted by atomic mass is 35.5. The van der Waals surface area contributed by atoms with Gasteiger partial charge in [-0.3, -0.25) is 9.38 Å². The Morgan fingerprint density at radius 3 is 2.82 bits per heavy atom. The maximum atomic E-state index is 6.30. The summed E-state index contributed by atoms with van der Waals surface area (Å²) in [5.74, 6) is 0.715. The lowest BCUT2D eigenvalue weighted by Gasteiger charge is -2.13. The fraction of sp³-hybridized carbons (Fsp3) is 0.0625. The molecular formula is C16H12ClN5. The van der Waals surface area contributed by atoms with Gasteiger partial charge in [-0.15, -0.1) is 0 Å². The van der Waals surface area contributed by atoms with Crippen molar-refractivity contribution in [1.29, 1.82) is 0 Å². The average molecular weight is 310 g/mol. The summed E-state index contributed by atoms with van der Waals surface area (Å²) in [5.41, 5.74) is 4.54. The lowest BCUT2D eigenvalue weighted by Crippen LogP contribution is -2.01. The van der Waals surface area contributed by atoms with E-state index in [2.05, 4.69) is 20.3 Å². The fourth-order valence-corrected chi connectivity index (χ4v) is 2.77. The number of hydrogen-bond donors (Lipinski definition) is 1. The zero-order chi connectivity index (χ0) is 15.1. The molecule has 0 aliphatic rings. The molecule has 0 amide bonds. The van der Waals surface area contributed by atoms with Crippen molar-refractivity contribution in [2.45, 2.75) is 6.92 Å². The van der Waals surface area contributed by atoms with Crippen LogP contribution < -0.4 is 5.32 Å². The number of nitrogens with zero attached hydrogens (tertiary/aromatic N) is 4. The van der Waals surface area contributed by atoms with Gasteiger partial charge in [0.15, 0.2) is 5.82 Å². The van der Waals surface area contributed by atoms with Gasteiger partial charge in [0.1, 0.15) is 5.52 Å². The summed E-state index contributed by atoms with van der Waals surface area (Å²) < 4.78 is 1.96. The van der Waals surface area contributed by atoms with Gasteiger partial charge in [0, 0.05) is 6.20 Å². The van der Waals surface area contributed by atoms with Gasteiger partial charge in [-0.05, 0) is 24.6 Å². The summed E-state index contributed by atoms with van der Waals surface area (Å²) >= 11 is 6.30. The molecule has 108 valence electrons. The number of aromatic nitrogens is 4. The molecule has 6 heteroatoms. The van der Waals surface area contributed by atoms with Crippen LogP contribution in [0.1, 0.15) is 5.56 Å². The van der Waals surface area contributed by atoms with Crippen LogP contribution in [-0.2, 0) is 0 Å². The van der Waals surface area contributed by atoms with Gasteiger partial charge >= 0.3 is 0 Å². The first kappa shape index (κ1) is 13.0. The van der Waals surface area contributed by atoms with E-state index in [1.165, 1.54) is 0 Å². The molecule has 0 bridgehead atoms. The van der Waals surface area contributed by atoms with Crippen molar-refractivity contribution in [3.05, 3.63) is 59.8 Å². The Bertz CT molecular complexity index is 972. The van der Waals surface area contributed by atoms with Crippen molar-refractivity contribution >= 4 is 39.7 Å². The van der Waals surface area contributed by atoms with E-state index in [1.807, 2.05) is 35.6 Å². The number of fused-ring (bicyclic) bond motifs is 3. The normalized spacial score (nSPS) is 11.2. The van der Waals surface area contributed by atoms with E-state index in [0.717, 1.165) is 27.8 Å². The Morgan fingerprint density at radius 2 is 1.95 bits per heavy atom. The molecule has 0 atom stereocenters. The Hall–Kier alpha value is -2.66. The van der Waals surface area contributed by atoms with E-state index in [-0.39, 0.29) is 0 Å². The van der Waals surface area contributed by atoms with Crippen LogP contribution in [0.3, 0.4) is 0 Å². The van der Waals surface area contributed by atoms with Crippen LogP contribution in [0.4, 0.5) is 11.5 Å². The molecule has 4 rings (SSSR count). The number of hydrogen-bond acceptors (Lipinski definition) is 4. The van der Waals surface area contributed by atoms with Crippen LogP contribution in [0.2, 0.25) is 5.02 Å². The van der Waals surface area contributed by atoms with Gasteiger partial charge in [-0.1, -0.05) is 23.7 Å². The Morgan fingerprint density at radius 1 is 1.09 bits per heavy atom. The summed E-state index contributed by atoms with van der Waals surface area (Å²) in [6.07, 6.45) is 7.03. The van der Waals surface area contributed by atoms with Crippen LogP contribution in [0.15, 0.2) is 49.2 Å². The number of anilines is 2. The van der Waals surface area contributed by atoms with Gasteiger partial charge in [0.2, 0.25) is 0 Å². The van der Waals surface area contributed by atoms with E-state index >= 15 is 0 Å². The SMILES string of the molecule is Cc1cccc(Cl)c1Nc1nc2ccncc2n2cncc12. The van der Waals surface area contributed by atoms with Gasteiger partial charge < -0.3 is 5.32 Å². The van der Waals surface area contributed by atoms with Crippen LogP contribution in [-0.4, -0.2) is 19.4 Å². The smallest absolute Gasteiger partial charge is 0.157 e. The van der Waals surface area contributed by atoms with E-state index < -0.39 is 0 Å². The monoisotopic (exact) mass is 309 g/mol. The molecule has 0 unspecified atom stereocenters. The van der Waals surface area contributed by atoms with Crippen LogP contribution >= 0.6 is 11.6 Å². The number of aryl methyl sites for hydroxylation is 1. The summed E-state index contributed by atoms with van der Waals surface area (Å²) in [4.78, 5) is 13.1. The van der Waals surface area contributed by atoms with E-state index in [4.69, 9.17) is 11.6 Å². The molecule has 0 saturated carbocycles. The lowest BCUT2D eigenvalue weighted by molar-refractivity contribution is 1.17. The number of para-hydroxylation sites is 1. The molecule has 5 nitrogen and oxygen atoms in total. The van der Waals surface area contributed by atoms with Gasteiger partial charge in [0.05, 0.1) is 40.5 Å². The fourth-order valence-electron chi connectivity index (χ4n) is 2.50. The molecule has 0 aliphatic carbocycles. The van der Waals surface area contributed by atoms with E-state index in [1.54, 1.807) is 24.9 Å². The number of imidazole rings is 1. The van der Waals surface area contributed by atoms with Crippen molar-refractivity contribution in [2.75, 3.05) is 5.32 Å². The third-order valence-electron chi connectivity index (χ3n) is 3.62. The van der Waals surface area contributed by atoms with Crippen molar-refractivity contribution in [1.82, 2.24) is 19.4 Å². The third kappa shape index (κ3) is 1.98. The zero-order valence-corrected chi connectivity index (χ0v) is 12.5. The molecule has 1 aromatic carbocycles. The first-order chi connectivity index (χ1) is 10.7. The highest BCUT2D eigenvalue weighted by Crippen LogP contribution is 2.30. The molecule has 4 aromatic rings. The number of rotatable bonds is 2. The minimum Gasteiger partial charge on any atom is -0.337 e. The second-order valence-corrected chi connectivity index (χ2v) is 5.44. The minimum absolute atomic E-state index is 0.661. The quantitative estimate of drug-likeness (QED) is 0.608. The third-order valence-corrected chi connectivity index (χ3v) is 3.93. The maximum Gasteiger partial charge on any atom is 0.157 e. The first-order valence-corrected chi connectivity index (χ1v) is 7.20. The number of halogens is 1. The molecule has 0 fully saturated rings. The summed E-state index contributed by atoms with van der Waals surface area (Å²) in [6, 6.07) is 7.67. The molecule has 3 heterocycles. The van der Waals surface area contributed by atoms with Crippen LogP contribution in [0.5, 0.6) is 0 Å². The van der Waals surface area contributed by atoms with Crippen LogP contribution in [0.25, 0.3) is 16.6 Å². The predicted molar refractivity (Wildman–Crippen MR) is 87.8 cm³/mol. The van der Waals surface area contributed by atoms with Gasteiger partial charge in [0.25, 0.3) is 0 Å². The molecule has 0 spiro atoms. The number of benzene rings is 1. The van der Waals surface area contributed by atoms with Gasteiger partial charge in [-0.25, -0.2) is 9.97 Å². The molecule has 0 aliphatic heterocycles.